The zero-order valence-corrected chi connectivity index (χ0v) is 22.9. The number of methoxy groups -OCH3 is 1. The average Bonchev–Trinajstić information content (AvgIpc) is 3.45. The van der Waals surface area contributed by atoms with Crippen molar-refractivity contribution in [2.75, 3.05) is 60.4 Å². The number of carbonyl (C=O) groups is 1. The molecule has 1 fully saturated rings. The minimum absolute atomic E-state index is 0.0630. The van der Waals surface area contributed by atoms with E-state index in [-0.39, 0.29) is 5.91 Å². The first-order valence-corrected chi connectivity index (χ1v) is 14.1. The Hall–Kier alpha value is -3.96. The highest BCUT2D eigenvalue weighted by Gasteiger charge is 2.23. The van der Waals surface area contributed by atoms with Gasteiger partial charge in [-0.2, -0.15) is 9.97 Å². The quantitative estimate of drug-likeness (QED) is 0.345. The van der Waals surface area contributed by atoms with Crippen LogP contribution in [-0.4, -0.2) is 60.8 Å². The van der Waals surface area contributed by atoms with Crippen molar-refractivity contribution < 1.29 is 14.3 Å². The standard InChI is InChI=1S/C28H31N7O3S/c1-3-25(36)30-20-15-21(23(37-2)16-22(20)34-10-12-38-13-11-34)31-28-32-26-19(5-4-8-29-26)27(33-28)35-9-6-24-18(17-35)7-14-39-24/h4-5,7-8,14-16H,3,6,9-13,17H2,1-2H3,(H,30,36)(H,29,31,32,33). The number of hydrogen-bond acceptors (Lipinski definition) is 10. The van der Waals surface area contributed by atoms with Crippen molar-refractivity contribution in [1.29, 1.82) is 0 Å². The van der Waals surface area contributed by atoms with E-state index < -0.39 is 0 Å². The molecule has 3 aromatic heterocycles. The summed E-state index contributed by atoms with van der Waals surface area (Å²) in [6, 6.07) is 9.96. The second-order valence-electron chi connectivity index (χ2n) is 9.48. The second kappa shape index (κ2) is 11.0. The number of benzene rings is 1. The Morgan fingerprint density at radius 1 is 1.13 bits per heavy atom. The van der Waals surface area contributed by atoms with Gasteiger partial charge in [-0.1, -0.05) is 6.92 Å². The third kappa shape index (κ3) is 5.19. The third-order valence-electron chi connectivity index (χ3n) is 7.07. The lowest BCUT2D eigenvalue weighted by molar-refractivity contribution is -0.115. The summed E-state index contributed by atoms with van der Waals surface area (Å²) in [5.74, 6) is 1.82. The molecule has 0 bridgehead atoms. The highest BCUT2D eigenvalue weighted by atomic mass is 32.1. The number of aromatic nitrogens is 3. The Kier molecular flexibility index (Phi) is 7.16. The smallest absolute Gasteiger partial charge is 0.231 e. The van der Waals surface area contributed by atoms with Gasteiger partial charge in [-0.25, -0.2) is 4.98 Å². The normalized spacial score (nSPS) is 15.2. The molecule has 0 atom stereocenters. The fourth-order valence-corrected chi connectivity index (χ4v) is 5.92. The first-order chi connectivity index (χ1) is 19.1. The molecule has 5 heterocycles. The predicted octanol–water partition coefficient (Wildman–Crippen LogP) is 4.59. The number of nitrogens with zero attached hydrogens (tertiary/aromatic N) is 5. The zero-order valence-electron chi connectivity index (χ0n) is 22.1. The SMILES string of the molecule is CCC(=O)Nc1cc(Nc2nc(N3CCc4sccc4C3)c3cccnc3n2)c(OC)cc1N1CCOCC1. The number of nitrogens with one attached hydrogen (secondary N) is 2. The lowest BCUT2D eigenvalue weighted by Gasteiger charge is -2.31. The first kappa shape index (κ1) is 25.3. The van der Waals surface area contributed by atoms with Crippen molar-refractivity contribution in [3.05, 3.63) is 52.3 Å². The molecule has 2 aliphatic heterocycles. The van der Waals surface area contributed by atoms with Crippen LogP contribution in [0.15, 0.2) is 41.9 Å². The van der Waals surface area contributed by atoms with E-state index in [2.05, 4.69) is 36.9 Å². The number of ether oxygens (including phenoxy) is 2. The number of fused-ring (bicyclic) bond motifs is 2. The first-order valence-electron chi connectivity index (χ1n) is 13.2. The molecular formula is C28H31N7O3S. The van der Waals surface area contributed by atoms with Crippen LogP contribution in [0, 0.1) is 0 Å². The van der Waals surface area contributed by atoms with Gasteiger partial charge >= 0.3 is 0 Å². The summed E-state index contributed by atoms with van der Waals surface area (Å²) in [6.07, 6.45) is 3.10. The molecule has 10 nitrogen and oxygen atoms in total. The van der Waals surface area contributed by atoms with Crippen LogP contribution >= 0.6 is 11.3 Å². The lowest BCUT2D eigenvalue weighted by atomic mass is 10.1. The summed E-state index contributed by atoms with van der Waals surface area (Å²) >= 11 is 1.82. The largest absolute Gasteiger partial charge is 0.494 e. The summed E-state index contributed by atoms with van der Waals surface area (Å²) in [5.41, 5.74) is 4.20. The van der Waals surface area contributed by atoms with E-state index in [0.717, 1.165) is 49.5 Å². The minimum atomic E-state index is -0.0630. The van der Waals surface area contributed by atoms with Gasteiger partial charge in [0.25, 0.3) is 0 Å². The van der Waals surface area contributed by atoms with Crippen LogP contribution in [0.2, 0.25) is 0 Å². The number of amides is 1. The highest BCUT2D eigenvalue weighted by molar-refractivity contribution is 7.10. The van der Waals surface area contributed by atoms with Crippen molar-refractivity contribution in [3.63, 3.8) is 0 Å². The van der Waals surface area contributed by atoms with Gasteiger partial charge in [0.2, 0.25) is 11.9 Å². The van der Waals surface area contributed by atoms with Crippen LogP contribution in [0.25, 0.3) is 11.0 Å². The summed E-state index contributed by atoms with van der Waals surface area (Å²) in [6.45, 7) is 6.23. The minimum Gasteiger partial charge on any atom is -0.494 e. The maximum absolute atomic E-state index is 12.4. The van der Waals surface area contributed by atoms with Gasteiger partial charge in [0.05, 0.1) is 42.8 Å². The third-order valence-corrected chi connectivity index (χ3v) is 8.09. The molecule has 0 unspecified atom stereocenters. The summed E-state index contributed by atoms with van der Waals surface area (Å²) in [7, 11) is 1.63. The molecule has 0 spiro atoms. The lowest BCUT2D eigenvalue weighted by Crippen LogP contribution is -2.36. The Balaban J connectivity index is 1.39. The van der Waals surface area contributed by atoms with Crippen LogP contribution in [0.4, 0.5) is 28.8 Å². The number of thiophene rings is 1. The highest BCUT2D eigenvalue weighted by Crippen LogP contribution is 2.39. The van der Waals surface area contributed by atoms with E-state index in [1.807, 2.05) is 42.5 Å². The Morgan fingerprint density at radius 3 is 2.82 bits per heavy atom. The summed E-state index contributed by atoms with van der Waals surface area (Å²) < 4.78 is 11.3. The topological polar surface area (TPSA) is 105 Å². The van der Waals surface area contributed by atoms with Crippen LogP contribution in [0.5, 0.6) is 5.75 Å². The molecular weight excluding hydrogens is 514 g/mol. The molecule has 2 N–H and O–H groups in total. The van der Waals surface area contributed by atoms with Crippen LogP contribution < -0.4 is 25.2 Å². The predicted molar refractivity (Wildman–Crippen MR) is 155 cm³/mol. The molecule has 6 rings (SSSR count). The van der Waals surface area contributed by atoms with Gasteiger partial charge in [-0.3, -0.25) is 4.79 Å². The van der Waals surface area contributed by atoms with Crippen LogP contribution in [0.3, 0.4) is 0 Å². The number of hydrogen-bond donors (Lipinski definition) is 2. The molecule has 39 heavy (non-hydrogen) atoms. The van der Waals surface area contributed by atoms with Gasteiger partial charge in [-0.15, -0.1) is 11.3 Å². The van der Waals surface area contributed by atoms with Crippen LogP contribution in [0.1, 0.15) is 23.8 Å². The molecule has 1 aromatic carbocycles. The Morgan fingerprint density at radius 2 is 2.00 bits per heavy atom. The number of carbonyl (C=O) groups excluding carboxylic acids is 1. The van der Waals surface area contributed by atoms with Gasteiger partial charge in [0.15, 0.2) is 5.65 Å². The maximum atomic E-state index is 12.4. The van der Waals surface area contributed by atoms with Gasteiger partial charge in [-0.05, 0) is 41.6 Å². The molecule has 1 saturated heterocycles. The van der Waals surface area contributed by atoms with E-state index in [1.54, 1.807) is 13.3 Å². The summed E-state index contributed by atoms with van der Waals surface area (Å²) in [5, 5.41) is 9.49. The van der Waals surface area contributed by atoms with Crippen molar-refractivity contribution in [3.8, 4) is 5.75 Å². The molecule has 11 heteroatoms. The molecule has 2 aliphatic rings. The average molecular weight is 546 g/mol. The molecule has 4 aromatic rings. The number of morpholine rings is 1. The van der Waals surface area contributed by atoms with Gasteiger partial charge in [0, 0.05) is 49.7 Å². The van der Waals surface area contributed by atoms with Crippen molar-refractivity contribution in [2.24, 2.45) is 0 Å². The van der Waals surface area contributed by atoms with E-state index in [4.69, 9.17) is 19.4 Å². The van der Waals surface area contributed by atoms with E-state index in [0.29, 0.717) is 48.4 Å². The van der Waals surface area contributed by atoms with Gasteiger partial charge in [0.1, 0.15) is 11.6 Å². The fourth-order valence-electron chi connectivity index (χ4n) is 5.03. The molecule has 0 radical (unpaired) electrons. The van der Waals surface area contributed by atoms with E-state index in [9.17, 15) is 4.79 Å². The van der Waals surface area contributed by atoms with Gasteiger partial charge < -0.3 is 29.9 Å². The number of anilines is 5. The van der Waals surface area contributed by atoms with E-state index in [1.165, 1.54) is 10.4 Å². The second-order valence-corrected chi connectivity index (χ2v) is 10.5. The maximum Gasteiger partial charge on any atom is 0.231 e. The molecule has 0 saturated carbocycles. The van der Waals surface area contributed by atoms with Crippen LogP contribution in [-0.2, 0) is 22.5 Å². The van der Waals surface area contributed by atoms with Crippen molar-refractivity contribution >= 4 is 57.1 Å². The molecule has 1 amide bonds. The molecule has 0 aliphatic carbocycles. The zero-order chi connectivity index (χ0) is 26.8. The monoisotopic (exact) mass is 545 g/mol. The Labute approximate surface area is 231 Å². The number of rotatable bonds is 7. The number of pyridine rings is 1. The Bertz CT molecular complexity index is 1500. The molecule has 202 valence electrons. The summed E-state index contributed by atoms with van der Waals surface area (Å²) in [4.78, 5) is 32.6. The van der Waals surface area contributed by atoms with E-state index >= 15 is 0 Å². The van der Waals surface area contributed by atoms with Crippen molar-refractivity contribution in [1.82, 2.24) is 15.0 Å². The fraction of sp³-hybridized carbons (Fsp3) is 0.357. The van der Waals surface area contributed by atoms with Crippen molar-refractivity contribution in [2.45, 2.75) is 26.3 Å².